The molecule has 0 spiro atoms. The molecule has 2 aliphatic rings. The van der Waals surface area contributed by atoms with Crippen molar-refractivity contribution in [3.63, 3.8) is 0 Å². The second-order valence-corrected chi connectivity index (χ2v) is 11.8. The highest BCUT2D eigenvalue weighted by Crippen LogP contribution is 2.38. The minimum Gasteiger partial charge on any atom is -0.507 e. The van der Waals surface area contributed by atoms with E-state index in [0.29, 0.717) is 83.0 Å². The molecule has 44 heavy (non-hydrogen) atoms. The second-order valence-electron chi connectivity index (χ2n) is 11.8. The van der Waals surface area contributed by atoms with E-state index in [1.807, 2.05) is 97.1 Å². The molecule has 5 aromatic rings. The Balaban J connectivity index is 1.29. The van der Waals surface area contributed by atoms with E-state index in [9.17, 15) is 20.4 Å². The molecule has 0 radical (unpaired) electrons. The molecule has 6 nitrogen and oxygen atoms in total. The smallest absolute Gasteiger partial charge is 0.137 e. The third-order valence-electron chi connectivity index (χ3n) is 8.76. The lowest BCUT2D eigenvalue weighted by atomic mass is 9.89. The van der Waals surface area contributed by atoms with Crippen LogP contribution in [0, 0.1) is 0 Å². The van der Waals surface area contributed by atoms with Crippen molar-refractivity contribution in [1.82, 2.24) is 0 Å². The first-order valence-corrected chi connectivity index (χ1v) is 14.9. The van der Waals surface area contributed by atoms with Crippen LogP contribution in [-0.4, -0.2) is 32.2 Å². The minimum absolute atomic E-state index is 0.145. The van der Waals surface area contributed by atoms with Crippen LogP contribution in [0.3, 0.4) is 0 Å². The van der Waals surface area contributed by atoms with Gasteiger partial charge in [-0.05, 0) is 55.6 Å². The molecular formula is C38H33NO5. The predicted octanol–water partition coefficient (Wildman–Crippen LogP) is 6.92. The molecule has 1 heterocycles. The normalized spacial score (nSPS) is 15.8. The Kier molecular flexibility index (Phi) is 7.18. The predicted molar refractivity (Wildman–Crippen MR) is 170 cm³/mol. The summed E-state index contributed by atoms with van der Waals surface area (Å²) in [5.41, 5.74) is 8.42. The highest BCUT2D eigenvalue weighted by molar-refractivity contribution is 6.01. The highest BCUT2D eigenvalue weighted by Gasteiger charge is 2.24. The average molecular weight is 584 g/mol. The number of nitrogens with zero attached hydrogens (tertiary/aromatic N) is 1. The molecule has 5 aromatic carbocycles. The number of hydrogen-bond donors (Lipinski definition) is 4. The van der Waals surface area contributed by atoms with Crippen LogP contribution in [0.2, 0.25) is 0 Å². The van der Waals surface area contributed by atoms with E-state index in [2.05, 4.69) is 5.16 Å². The van der Waals surface area contributed by atoms with E-state index in [1.165, 1.54) is 0 Å². The third kappa shape index (κ3) is 5.35. The van der Waals surface area contributed by atoms with E-state index < -0.39 is 0 Å². The third-order valence-corrected chi connectivity index (χ3v) is 8.76. The average Bonchev–Trinajstić information content (AvgIpc) is 3.49. The molecule has 0 fully saturated rings. The molecule has 0 aromatic heterocycles. The van der Waals surface area contributed by atoms with Crippen LogP contribution in [0.15, 0.2) is 102 Å². The Bertz CT molecular complexity index is 1800. The first-order chi connectivity index (χ1) is 21.4. The molecule has 6 heteroatoms. The van der Waals surface area contributed by atoms with E-state index >= 15 is 0 Å². The maximum absolute atomic E-state index is 11.6. The van der Waals surface area contributed by atoms with Crippen molar-refractivity contribution in [2.24, 2.45) is 5.16 Å². The van der Waals surface area contributed by atoms with Gasteiger partial charge in [0.25, 0.3) is 0 Å². The molecule has 1 unspecified atom stereocenters. The van der Waals surface area contributed by atoms with Crippen LogP contribution in [-0.2, 0) is 36.9 Å². The van der Waals surface area contributed by atoms with Crippen LogP contribution in [0.5, 0.6) is 23.0 Å². The summed E-state index contributed by atoms with van der Waals surface area (Å²) in [4.78, 5) is 5.84. The van der Waals surface area contributed by atoms with Crippen LogP contribution in [0.1, 0.15) is 62.1 Å². The van der Waals surface area contributed by atoms with Gasteiger partial charge in [0.15, 0.2) is 0 Å². The van der Waals surface area contributed by atoms with E-state index in [4.69, 9.17) is 4.84 Å². The number of oxime groups is 1. The minimum atomic E-state index is -0.150. The zero-order valence-electron chi connectivity index (χ0n) is 24.2. The topological polar surface area (TPSA) is 103 Å². The summed E-state index contributed by atoms with van der Waals surface area (Å²) in [6, 6.07) is 30.8. The van der Waals surface area contributed by atoms with Crippen molar-refractivity contribution in [2.45, 2.75) is 44.6 Å². The van der Waals surface area contributed by atoms with Crippen molar-refractivity contribution in [2.75, 3.05) is 0 Å². The van der Waals surface area contributed by atoms with Gasteiger partial charge < -0.3 is 25.3 Å². The zero-order valence-corrected chi connectivity index (χ0v) is 24.2. The Hall–Kier alpha value is -5.23. The van der Waals surface area contributed by atoms with Gasteiger partial charge in [-0.25, -0.2) is 0 Å². The number of fused-ring (bicyclic) bond motifs is 8. The highest BCUT2D eigenvalue weighted by atomic mass is 16.6. The number of phenolic OH excluding ortho intramolecular Hbond substituents is 4. The maximum Gasteiger partial charge on any atom is 0.137 e. The van der Waals surface area contributed by atoms with E-state index in [1.54, 1.807) is 0 Å². The lowest BCUT2D eigenvalue weighted by molar-refractivity contribution is 0.0859. The van der Waals surface area contributed by atoms with Gasteiger partial charge >= 0.3 is 0 Å². The van der Waals surface area contributed by atoms with Gasteiger partial charge in [-0.15, -0.1) is 0 Å². The standard InChI is InChI=1S/C38H33NO5/c40-35-25-9-4-10-26(35)19-28-12-6-14-30(37(28)42)21-32-16-23(17-33-22-34(39-44-33)24-7-2-1-3-8-24)15-31(38(32)43)20-29-13-5-11-27(18-25)36(29)41/h1-16,33,40-43H,17-22H2. The molecule has 7 rings (SSSR count). The molecule has 0 saturated carbocycles. The SMILES string of the molecule is Oc1c2cccc1Cc1cccc(c1O)Cc1cc(CC3CC(c4ccccc4)=NO3)cc(c1O)Cc1cccc(c1O)C2. The monoisotopic (exact) mass is 583 g/mol. The largest absolute Gasteiger partial charge is 0.507 e. The Morgan fingerprint density at radius 2 is 0.932 bits per heavy atom. The molecule has 1 atom stereocenters. The summed E-state index contributed by atoms with van der Waals surface area (Å²) in [6.45, 7) is 0. The summed E-state index contributed by atoms with van der Waals surface area (Å²) in [5, 5.41) is 49.8. The van der Waals surface area contributed by atoms with Gasteiger partial charge in [-0.1, -0.05) is 102 Å². The summed E-state index contributed by atoms with van der Waals surface area (Å²) in [7, 11) is 0. The van der Waals surface area contributed by atoms with Crippen molar-refractivity contribution < 1.29 is 25.3 Å². The fourth-order valence-corrected chi connectivity index (χ4v) is 6.43. The quantitative estimate of drug-likeness (QED) is 0.181. The van der Waals surface area contributed by atoms with Crippen LogP contribution < -0.4 is 0 Å². The summed E-state index contributed by atoms with van der Waals surface area (Å²) < 4.78 is 0. The number of hydrogen-bond acceptors (Lipinski definition) is 6. The molecule has 1 aliphatic carbocycles. The molecule has 220 valence electrons. The fourth-order valence-electron chi connectivity index (χ4n) is 6.43. The molecule has 8 bridgehead atoms. The molecule has 4 N–H and O–H groups in total. The molecule has 0 amide bonds. The van der Waals surface area contributed by atoms with Gasteiger partial charge in [-0.2, -0.15) is 0 Å². The second kappa shape index (κ2) is 11.5. The van der Waals surface area contributed by atoms with Crippen LogP contribution in [0.25, 0.3) is 0 Å². The summed E-state index contributed by atoms with van der Waals surface area (Å²) in [5.74, 6) is 0.611. The molecule has 1 aliphatic heterocycles. The van der Waals surface area contributed by atoms with Crippen molar-refractivity contribution in [3.05, 3.63) is 153 Å². The first kappa shape index (κ1) is 27.6. The Morgan fingerprint density at radius 1 is 0.523 bits per heavy atom. The lowest BCUT2D eigenvalue weighted by Crippen LogP contribution is -2.12. The Labute approximate surface area is 256 Å². The molecule has 0 saturated heterocycles. The van der Waals surface area contributed by atoms with Gasteiger partial charge in [0.1, 0.15) is 29.1 Å². The number of aromatic hydroxyl groups is 4. The van der Waals surface area contributed by atoms with Crippen molar-refractivity contribution in [3.8, 4) is 23.0 Å². The number of rotatable bonds is 3. The van der Waals surface area contributed by atoms with Gasteiger partial charge in [0.05, 0.1) is 5.71 Å². The van der Waals surface area contributed by atoms with Crippen molar-refractivity contribution in [1.29, 1.82) is 0 Å². The van der Waals surface area contributed by atoms with Gasteiger partial charge in [-0.3, -0.25) is 0 Å². The zero-order chi connectivity index (χ0) is 30.2. The van der Waals surface area contributed by atoms with Gasteiger partial charge in [0.2, 0.25) is 0 Å². The number of para-hydroxylation sites is 3. The Morgan fingerprint density at radius 3 is 1.39 bits per heavy atom. The van der Waals surface area contributed by atoms with Crippen molar-refractivity contribution >= 4 is 5.71 Å². The van der Waals surface area contributed by atoms with Crippen LogP contribution in [0.4, 0.5) is 0 Å². The van der Waals surface area contributed by atoms with E-state index in [0.717, 1.165) is 16.8 Å². The lowest BCUT2D eigenvalue weighted by Gasteiger charge is -2.18. The first-order valence-electron chi connectivity index (χ1n) is 14.9. The number of benzene rings is 5. The van der Waals surface area contributed by atoms with Crippen LogP contribution >= 0.6 is 0 Å². The fraction of sp³-hybridized carbons (Fsp3) is 0.184. The molecular weight excluding hydrogens is 550 g/mol. The summed E-state index contributed by atoms with van der Waals surface area (Å²) in [6.07, 6.45) is 2.41. The maximum atomic E-state index is 11.6. The summed E-state index contributed by atoms with van der Waals surface area (Å²) >= 11 is 0. The van der Waals surface area contributed by atoms with Gasteiger partial charge in [0, 0.05) is 38.5 Å². The number of phenols is 4. The van der Waals surface area contributed by atoms with E-state index in [-0.39, 0.29) is 29.1 Å².